The first-order chi connectivity index (χ1) is 14.6. The Bertz CT molecular complexity index is 1100. The van der Waals surface area contributed by atoms with E-state index in [0.29, 0.717) is 18.1 Å². The van der Waals surface area contributed by atoms with Crippen molar-refractivity contribution in [2.45, 2.75) is 19.9 Å². The van der Waals surface area contributed by atoms with Gasteiger partial charge in [-0.3, -0.25) is 14.5 Å². The fourth-order valence-electron chi connectivity index (χ4n) is 3.32. The first kappa shape index (κ1) is 19.4. The minimum Gasteiger partial charge on any atom is -0.362 e. The van der Waals surface area contributed by atoms with E-state index in [0.717, 1.165) is 22.5 Å². The van der Waals surface area contributed by atoms with Crippen LogP contribution in [0.1, 0.15) is 23.7 Å². The summed E-state index contributed by atoms with van der Waals surface area (Å²) >= 11 is 0. The summed E-state index contributed by atoms with van der Waals surface area (Å²) in [4.78, 5) is 34.0. The van der Waals surface area contributed by atoms with Crippen molar-refractivity contribution in [2.24, 2.45) is 4.99 Å². The lowest BCUT2D eigenvalue weighted by molar-refractivity contribution is -0.120. The first-order valence-electron chi connectivity index (χ1n) is 9.74. The number of aromatic nitrogens is 1. The zero-order chi connectivity index (χ0) is 20.9. The number of benzene rings is 2. The predicted octanol–water partition coefficient (Wildman–Crippen LogP) is 3.68. The molecule has 1 aromatic heterocycles. The van der Waals surface area contributed by atoms with Crippen molar-refractivity contribution < 1.29 is 9.59 Å². The molecule has 6 heteroatoms. The summed E-state index contributed by atoms with van der Waals surface area (Å²) in [5.41, 5.74) is 3.89. The number of nitrogens with zero attached hydrogens (tertiary/aromatic N) is 2. The third-order valence-electron chi connectivity index (χ3n) is 4.83. The van der Waals surface area contributed by atoms with E-state index in [-0.39, 0.29) is 18.2 Å². The van der Waals surface area contributed by atoms with Crippen LogP contribution in [-0.2, 0) is 22.6 Å². The van der Waals surface area contributed by atoms with Crippen molar-refractivity contribution in [3.63, 3.8) is 0 Å². The number of amides is 2. The number of carbonyl (C=O) groups is 2. The van der Waals surface area contributed by atoms with Crippen molar-refractivity contribution in [3.05, 3.63) is 95.4 Å². The van der Waals surface area contributed by atoms with Crippen molar-refractivity contribution >= 4 is 29.4 Å². The maximum absolute atomic E-state index is 12.8. The minimum absolute atomic E-state index is 0.0437. The van der Waals surface area contributed by atoms with Gasteiger partial charge in [-0.2, -0.15) is 0 Å². The van der Waals surface area contributed by atoms with E-state index in [1.165, 1.54) is 0 Å². The van der Waals surface area contributed by atoms with Gasteiger partial charge in [-0.15, -0.1) is 0 Å². The van der Waals surface area contributed by atoms with Gasteiger partial charge in [0.05, 0.1) is 12.1 Å². The van der Waals surface area contributed by atoms with Gasteiger partial charge in [0.15, 0.2) is 0 Å². The van der Waals surface area contributed by atoms with Crippen molar-refractivity contribution in [1.29, 1.82) is 0 Å². The highest BCUT2D eigenvalue weighted by Gasteiger charge is 2.28. The smallest absolute Gasteiger partial charge is 0.282 e. The summed E-state index contributed by atoms with van der Waals surface area (Å²) in [7, 11) is 0. The second-order valence-electron chi connectivity index (χ2n) is 7.06. The average molecular weight is 398 g/mol. The topological polar surface area (TPSA) is 77.6 Å². The predicted molar refractivity (Wildman–Crippen MR) is 118 cm³/mol. The van der Waals surface area contributed by atoms with Gasteiger partial charge in [0.1, 0.15) is 11.5 Å². The first-order valence-corrected chi connectivity index (χ1v) is 9.74. The molecule has 1 aliphatic heterocycles. The minimum atomic E-state index is -0.171. The second kappa shape index (κ2) is 8.61. The van der Waals surface area contributed by atoms with E-state index < -0.39 is 0 Å². The molecule has 1 aliphatic rings. The molecule has 0 saturated heterocycles. The molecule has 150 valence electrons. The molecule has 0 spiro atoms. The largest absolute Gasteiger partial charge is 0.362 e. The number of aliphatic imine (C=N–C) groups is 1. The number of carbonyl (C=O) groups excluding carboxylic acids is 2. The van der Waals surface area contributed by atoms with Crippen LogP contribution in [0.5, 0.6) is 0 Å². The summed E-state index contributed by atoms with van der Waals surface area (Å²) in [5, 5.41) is 2.92. The normalized spacial score (nSPS) is 14.8. The standard InChI is InChI=1S/C24H22N4O2/c1-17-27-22(15-20-8-5-13-25-20)24(30)28(17)21-11-9-18(10-12-21)14-23(29)26-16-19-6-3-2-4-7-19/h2-13,15,25H,14,16H2,1H3,(H,26,29)/b22-15-. The summed E-state index contributed by atoms with van der Waals surface area (Å²) in [6.45, 7) is 2.31. The highest BCUT2D eigenvalue weighted by molar-refractivity contribution is 6.28. The number of amidine groups is 1. The number of H-pyrrole nitrogens is 1. The van der Waals surface area contributed by atoms with E-state index >= 15 is 0 Å². The maximum Gasteiger partial charge on any atom is 0.282 e. The van der Waals surface area contributed by atoms with E-state index in [2.05, 4.69) is 15.3 Å². The number of rotatable bonds is 6. The Morgan fingerprint density at radius 1 is 1.03 bits per heavy atom. The van der Waals surface area contributed by atoms with Gasteiger partial charge in [-0.05, 0) is 48.4 Å². The quantitative estimate of drug-likeness (QED) is 0.622. The molecule has 2 aromatic carbocycles. The Hall–Kier alpha value is -3.93. The highest BCUT2D eigenvalue weighted by atomic mass is 16.2. The molecule has 6 nitrogen and oxygen atoms in total. The number of aromatic amines is 1. The number of anilines is 1. The Balaban J connectivity index is 1.39. The molecule has 30 heavy (non-hydrogen) atoms. The molecular formula is C24H22N4O2. The highest BCUT2D eigenvalue weighted by Crippen LogP contribution is 2.25. The van der Waals surface area contributed by atoms with Crippen LogP contribution in [0.4, 0.5) is 5.69 Å². The van der Waals surface area contributed by atoms with Crippen LogP contribution in [-0.4, -0.2) is 22.6 Å². The van der Waals surface area contributed by atoms with Gasteiger partial charge in [0, 0.05) is 18.4 Å². The number of hydrogen-bond donors (Lipinski definition) is 2. The van der Waals surface area contributed by atoms with Crippen molar-refractivity contribution in [2.75, 3.05) is 4.90 Å². The molecule has 0 bridgehead atoms. The van der Waals surface area contributed by atoms with E-state index in [9.17, 15) is 9.59 Å². The zero-order valence-corrected chi connectivity index (χ0v) is 16.6. The molecule has 0 fully saturated rings. The molecule has 0 unspecified atom stereocenters. The molecule has 0 aliphatic carbocycles. The lowest BCUT2D eigenvalue weighted by Crippen LogP contribution is -2.30. The fourth-order valence-corrected chi connectivity index (χ4v) is 3.32. The molecule has 0 radical (unpaired) electrons. The summed E-state index contributed by atoms with van der Waals surface area (Å²) in [6, 6.07) is 21.0. The zero-order valence-electron chi connectivity index (χ0n) is 16.6. The Morgan fingerprint density at radius 3 is 2.50 bits per heavy atom. The Kier molecular flexibility index (Phi) is 5.57. The van der Waals surface area contributed by atoms with Crippen molar-refractivity contribution in [3.8, 4) is 0 Å². The van der Waals surface area contributed by atoms with E-state index in [4.69, 9.17) is 0 Å². The SMILES string of the molecule is CC1=N/C(=C\c2ccc[nH]2)C(=O)N1c1ccc(CC(=O)NCc2ccccc2)cc1. The van der Waals surface area contributed by atoms with Gasteiger partial charge >= 0.3 is 0 Å². The third kappa shape index (κ3) is 4.38. The van der Waals surface area contributed by atoms with Gasteiger partial charge in [-0.1, -0.05) is 42.5 Å². The van der Waals surface area contributed by atoms with E-state index in [1.54, 1.807) is 24.1 Å². The van der Waals surface area contributed by atoms with Gasteiger partial charge < -0.3 is 10.3 Å². The summed E-state index contributed by atoms with van der Waals surface area (Å²) < 4.78 is 0. The molecule has 2 N–H and O–H groups in total. The summed E-state index contributed by atoms with van der Waals surface area (Å²) in [5.74, 6) is 0.402. The molecule has 3 aromatic rings. The summed E-state index contributed by atoms with van der Waals surface area (Å²) in [6.07, 6.45) is 3.82. The fraction of sp³-hybridized carbons (Fsp3) is 0.125. The van der Waals surface area contributed by atoms with Gasteiger partial charge in [-0.25, -0.2) is 4.99 Å². The lowest BCUT2D eigenvalue weighted by Gasteiger charge is -2.16. The van der Waals surface area contributed by atoms with Crippen LogP contribution in [0.3, 0.4) is 0 Å². The molecule has 2 amide bonds. The monoisotopic (exact) mass is 398 g/mol. The molecule has 2 heterocycles. The van der Waals surface area contributed by atoms with Crippen LogP contribution in [0.2, 0.25) is 0 Å². The van der Waals surface area contributed by atoms with Crippen LogP contribution < -0.4 is 10.2 Å². The van der Waals surface area contributed by atoms with Crippen LogP contribution in [0, 0.1) is 0 Å². The number of hydrogen-bond acceptors (Lipinski definition) is 3. The third-order valence-corrected chi connectivity index (χ3v) is 4.83. The number of nitrogens with one attached hydrogen (secondary N) is 2. The Labute approximate surface area is 175 Å². The van der Waals surface area contributed by atoms with E-state index in [1.807, 2.05) is 66.7 Å². The van der Waals surface area contributed by atoms with Crippen LogP contribution in [0.25, 0.3) is 6.08 Å². The molecule has 0 saturated carbocycles. The van der Waals surface area contributed by atoms with Crippen LogP contribution in [0.15, 0.2) is 83.6 Å². The second-order valence-corrected chi connectivity index (χ2v) is 7.06. The van der Waals surface area contributed by atoms with Gasteiger partial charge in [0.25, 0.3) is 5.91 Å². The average Bonchev–Trinajstić information content (AvgIpc) is 3.36. The molecule has 4 rings (SSSR count). The lowest BCUT2D eigenvalue weighted by atomic mass is 10.1. The van der Waals surface area contributed by atoms with Crippen molar-refractivity contribution in [1.82, 2.24) is 10.3 Å². The Morgan fingerprint density at radius 2 is 1.80 bits per heavy atom. The van der Waals surface area contributed by atoms with Crippen LogP contribution >= 0.6 is 0 Å². The molecular weight excluding hydrogens is 376 g/mol. The maximum atomic E-state index is 12.8. The van der Waals surface area contributed by atoms with Gasteiger partial charge in [0.2, 0.25) is 5.91 Å². The molecule has 0 atom stereocenters.